The minimum atomic E-state index is -5.35. The Hall–Kier alpha value is -1.99. The first-order valence-corrected chi connectivity index (χ1v) is 5.99. The minimum Gasteiger partial charge on any atom is -0.444 e. The third kappa shape index (κ3) is 2.78. The lowest BCUT2D eigenvalue weighted by molar-refractivity contribution is 0.0546. The second-order valence-corrected chi connectivity index (χ2v) is 5.38. The van der Waals surface area contributed by atoms with E-state index in [9.17, 15) is 17.7 Å². The summed E-state index contributed by atoms with van der Waals surface area (Å²) >= 11 is 0. The highest BCUT2D eigenvalue weighted by molar-refractivity contribution is 6.73. The van der Waals surface area contributed by atoms with Crippen LogP contribution in [0.25, 0.3) is 11.0 Å². The quantitative estimate of drug-likeness (QED) is 0.757. The lowest BCUT2D eigenvalue weighted by Gasteiger charge is -2.23. The summed E-state index contributed by atoms with van der Waals surface area (Å²) in [6, 6.07) is 3.88. The van der Waals surface area contributed by atoms with Crippen LogP contribution in [0.4, 0.5) is 17.7 Å². The fourth-order valence-corrected chi connectivity index (χ4v) is 1.80. The number of rotatable bonds is 1. The number of carbonyl (C=O) groups excluding carboxylic acids is 1. The van der Waals surface area contributed by atoms with Gasteiger partial charge in [-0.3, -0.25) is 4.57 Å². The van der Waals surface area contributed by atoms with Crippen molar-refractivity contribution >= 4 is 29.7 Å². The number of fused-ring (bicyclic) bond motifs is 1. The Morgan fingerprint density at radius 3 is 2.55 bits per heavy atom. The smallest absolute Gasteiger partial charge is 0.444 e. The van der Waals surface area contributed by atoms with E-state index >= 15 is 0 Å². The van der Waals surface area contributed by atoms with E-state index in [1.807, 2.05) is 0 Å². The lowest BCUT2D eigenvalue weighted by Crippen LogP contribution is -2.43. The molecule has 2 heterocycles. The van der Waals surface area contributed by atoms with Crippen LogP contribution in [0.15, 0.2) is 24.4 Å². The summed E-state index contributed by atoms with van der Waals surface area (Å²) in [4.78, 5) is 15.9. The maximum atomic E-state index is 13.1. The monoisotopic (exact) mass is 285 g/mol. The van der Waals surface area contributed by atoms with E-state index in [1.165, 1.54) is 18.3 Å². The van der Waals surface area contributed by atoms with Crippen molar-refractivity contribution in [1.82, 2.24) is 9.55 Å². The molecule has 20 heavy (non-hydrogen) atoms. The van der Waals surface area contributed by atoms with Crippen LogP contribution in [0.1, 0.15) is 20.8 Å². The highest BCUT2D eigenvalue weighted by Crippen LogP contribution is 2.19. The predicted octanol–water partition coefficient (Wildman–Crippen LogP) is 2.87. The summed E-state index contributed by atoms with van der Waals surface area (Å²) in [5.41, 5.74) is -1.98. The number of carbonyl (C=O) groups is 1. The van der Waals surface area contributed by atoms with Crippen LogP contribution in [0.2, 0.25) is 0 Å². The number of pyridine rings is 1. The Morgan fingerprint density at radius 1 is 1.35 bits per heavy atom. The average Bonchev–Trinajstić information content (AvgIpc) is 2.65. The lowest BCUT2D eigenvalue weighted by atomic mass is 9.86. The fourth-order valence-electron chi connectivity index (χ4n) is 1.80. The average molecular weight is 285 g/mol. The van der Waals surface area contributed by atoms with Gasteiger partial charge in [-0.1, -0.05) is 6.07 Å². The van der Waals surface area contributed by atoms with Gasteiger partial charge in [0.25, 0.3) is 0 Å². The maximum absolute atomic E-state index is 13.1. The summed E-state index contributed by atoms with van der Waals surface area (Å²) in [5.74, 6) is 0. The largest absolute Gasteiger partial charge is 0.526 e. The van der Waals surface area contributed by atoms with Crippen LogP contribution in [0.3, 0.4) is 0 Å². The number of halogens is 3. The second kappa shape index (κ2) is 4.54. The van der Waals surface area contributed by atoms with E-state index < -0.39 is 24.3 Å². The normalized spacial score (nSPS) is 12.7. The summed E-state index contributed by atoms with van der Waals surface area (Å²) in [5, 5.41) is 0.243. The molecule has 8 heteroatoms. The van der Waals surface area contributed by atoms with Crippen molar-refractivity contribution in [1.29, 1.82) is 0 Å². The molecule has 0 saturated heterocycles. The SMILES string of the molecule is CC(C)(C)OC(=O)n1c([B-](F)(F)F)cc2cccnc21. The first kappa shape index (κ1) is 14.4. The Labute approximate surface area is 113 Å². The van der Waals surface area contributed by atoms with Crippen molar-refractivity contribution in [3.05, 3.63) is 24.4 Å². The van der Waals surface area contributed by atoms with Gasteiger partial charge in [0.05, 0.1) is 0 Å². The topological polar surface area (TPSA) is 44.1 Å². The molecule has 0 radical (unpaired) electrons. The van der Waals surface area contributed by atoms with E-state index in [2.05, 4.69) is 4.98 Å². The summed E-state index contributed by atoms with van der Waals surface area (Å²) < 4.78 is 44.8. The molecule has 108 valence electrons. The van der Waals surface area contributed by atoms with Crippen molar-refractivity contribution < 1.29 is 22.5 Å². The molecular weight excluding hydrogens is 272 g/mol. The van der Waals surface area contributed by atoms with Gasteiger partial charge in [-0.2, -0.15) is 0 Å². The molecule has 0 saturated carbocycles. The van der Waals surface area contributed by atoms with Crippen molar-refractivity contribution in [3.8, 4) is 0 Å². The zero-order valence-electron chi connectivity index (χ0n) is 11.2. The zero-order valence-corrected chi connectivity index (χ0v) is 11.2. The molecule has 4 nitrogen and oxygen atoms in total. The molecule has 0 aromatic carbocycles. The number of hydrogen-bond donors (Lipinski definition) is 0. The number of ether oxygens (including phenoxy) is 1. The third-order valence-electron chi connectivity index (χ3n) is 2.50. The molecule has 0 fully saturated rings. The second-order valence-electron chi connectivity index (χ2n) is 5.38. The van der Waals surface area contributed by atoms with Crippen LogP contribution in [-0.2, 0) is 4.74 Å². The Morgan fingerprint density at radius 2 is 2.00 bits per heavy atom. The highest BCUT2D eigenvalue weighted by atomic mass is 19.4. The highest BCUT2D eigenvalue weighted by Gasteiger charge is 2.34. The molecule has 0 N–H and O–H groups in total. The molecule has 2 rings (SSSR count). The van der Waals surface area contributed by atoms with E-state index in [4.69, 9.17) is 4.74 Å². The molecule has 2 aromatic heterocycles. The number of nitrogens with zero attached hydrogens (tertiary/aromatic N) is 2. The van der Waals surface area contributed by atoms with E-state index in [-0.39, 0.29) is 11.0 Å². The van der Waals surface area contributed by atoms with Crippen molar-refractivity contribution in [2.75, 3.05) is 0 Å². The van der Waals surface area contributed by atoms with E-state index in [0.717, 1.165) is 6.07 Å². The molecule has 0 amide bonds. The van der Waals surface area contributed by atoms with Crippen molar-refractivity contribution in [3.63, 3.8) is 0 Å². The third-order valence-corrected chi connectivity index (χ3v) is 2.50. The summed E-state index contributed by atoms with van der Waals surface area (Å²) in [7, 11) is 0. The van der Waals surface area contributed by atoms with Gasteiger partial charge in [0.15, 0.2) is 0 Å². The van der Waals surface area contributed by atoms with E-state index in [1.54, 1.807) is 20.8 Å². The Balaban J connectivity index is 2.63. The molecule has 2 aromatic rings. The van der Waals surface area contributed by atoms with Crippen LogP contribution < -0.4 is 5.59 Å². The van der Waals surface area contributed by atoms with Crippen molar-refractivity contribution in [2.24, 2.45) is 0 Å². The minimum absolute atomic E-state index is 0.0593. The first-order chi connectivity index (χ1) is 9.09. The molecular formula is C12H13BF3N2O2-. The van der Waals surface area contributed by atoms with Crippen molar-refractivity contribution in [2.45, 2.75) is 26.4 Å². The van der Waals surface area contributed by atoms with Gasteiger partial charge in [0.1, 0.15) is 11.2 Å². The molecule has 0 unspecified atom stereocenters. The van der Waals surface area contributed by atoms with Crippen LogP contribution in [-0.4, -0.2) is 28.2 Å². The van der Waals surface area contributed by atoms with Gasteiger partial charge in [0, 0.05) is 11.6 Å². The Kier molecular flexibility index (Phi) is 3.27. The summed E-state index contributed by atoms with van der Waals surface area (Å²) in [6.45, 7) is -0.590. The molecule has 0 atom stereocenters. The molecule has 0 aliphatic carbocycles. The number of aromatic nitrogens is 2. The summed E-state index contributed by atoms with van der Waals surface area (Å²) in [6.07, 6.45) is 0.247. The van der Waals surface area contributed by atoms with Gasteiger partial charge < -0.3 is 17.7 Å². The first-order valence-electron chi connectivity index (χ1n) is 5.99. The van der Waals surface area contributed by atoms with Crippen LogP contribution >= 0.6 is 0 Å². The van der Waals surface area contributed by atoms with Gasteiger partial charge in [-0.15, -0.1) is 0 Å². The standard InChI is InChI=1S/C12H13BF3N2O2/c1-12(2,3)20-11(19)18-9(13(14,15)16)7-8-5-4-6-17-10(8)18/h4-7H,1-3H3/q-1. The zero-order chi connectivity index (χ0) is 15.1. The van der Waals surface area contributed by atoms with Gasteiger partial charge in [-0.05, 0) is 38.5 Å². The van der Waals surface area contributed by atoms with E-state index in [0.29, 0.717) is 4.57 Å². The number of hydrogen-bond acceptors (Lipinski definition) is 3. The van der Waals surface area contributed by atoms with Gasteiger partial charge in [-0.25, -0.2) is 9.78 Å². The molecule has 0 aliphatic rings. The Bertz CT molecular complexity index is 659. The van der Waals surface area contributed by atoms with Gasteiger partial charge >= 0.3 is 13.1 Å². The molecule has 0 aliphatic heterocycles. The molecule has 0 bridgehead atoms. The van der Waals surface area contributed by atoms with Crippen LogP contribution in [0, 0.1) is 0 Å². The predicted molar refractivity (Wildman–Crippen MR) is 70.1 cm³/mol. The fraction of sp³-hybridized carbons (Fsp3) is 0.333. The van der Waals surface area contributed by atoms with Gasteiger partial charge in [0.2, 0.25) is 0 Å². The molecule has 0 spiro atoms. The van der Waals surface area contributed by atoms with Crippen LogP contribution in [0.5, 0.6) is 0 Å². The maximum Gasteiger partial charge on any atom is 0.526 e.